The van der Waals surface area contributed by atoms with Gasteiger partial charge in [0.2, 0.25) is 0 Å². The Labute approximate surface area is 117 Å². The minimum Gasteiger partial charge on any atom is -0.367 e. The van der Waals surface area contributed by atoms with Gasteiger partial charge in [0.1, 0.15) is 17.0 Å². The molecule has 0 aliphatic heterocycles. The first kappa shape index (κ1) is 13.6. The molecule has 2 aromatic heterocycles. The minimum absolute atomic E-state index is 0.375. The highest BCUT2D eigenvalue weighted by Crippen LogP contribution is 2.32. The summed E-state index contributed by atoms with van der Waals surface area (Å²) in [6.07, 6.45) is 3.62. The van der Waals surface area contributed by atoms with Gasteiger partial charge in [-0.1, -0.05) is 6.92 Å². The molecule has 0 radical (unpaired) electrons. The molecule has 2 rings (SSSR count). The van der Waals surface area contributed by atoms with E-state index >= 15 is 0 Å². The number of fused-ring (bicyclic) bond motifs is 1. The molecule has 0 saturated heterocycles. The standard InChI is InChI=1S/C13H18ClN3S/c1-4-10(5-6-14)17-12-11-8(2)9(3)18-13(11)16-7-15-12/h7,10H,4-6H2,1-3H3,(H,15,16,17). The van der Waals surface area contributed by atoms with Gasteiger partial charge in [-0.05, 0) is 32.3 Å². The average Bonchev–Trinajstić information content (AvgIpc) is 2.65. The number of halogens is 1. The van der Waals surface area contributed by atoms with Gasteiger partial charge in [0.05, 0.1) is 5.39 Å². The van der Waals surface area contributed by atoms with Gasteiger partial charge in [0.15, 0.2) is 0 Å². The van der Waals surface area contributed by atoms with E-state index in [4.69, 9.17) is 11.6 Å². The van der Waals surface area contributed by atoms with Gasteiger partial charge in [-0.25, -0.2) is 9.97 Å². The van der Waals surface area contributed by atoms with Crippen LogP contribution >= 0.6 is 22.9 Å². The highest BCUT2D eigenvalue weighted by molar-refractivity contribution is 7.18. The normalized spacial score (nSPS) is 12.9. The largest absolute Gasteiger partial charge is 0.367 e. The summed E-state index contributed by atoms with van der Waals surface area (Å²) in [6.45, 7) is 6.42. The van der Waals surface area contributed by atoms with E-state index in [-0.39, 0.29) is 0 Å². The molecule has 3 nitrogen and oxygen atoms in total. The van der Waals surface area contributed by atoms with Gasteiger partial charge in [0.25, 0.3) is 0 Å². The Morgan fingerprint density at radius 3 is 2.83 bits per heavy atom. The van der Waals surface area contributed by atoms with Crippen LogP contribution in [0.5, 0.6) is 0 Å². The number of hydrogen-bond donors (Lipinski definition) is 1. The Hall–Kier alpha value is -0.870. The van der Waals surface area contributed by atoms with E-state index in [1.165, 1.54) is 10.4 Å². The zero-order valence-corrected chi connectivity index (χ0v) is 12.5. The van der Waals surface area contributed by atoms with Crippen LogP contribution in [-0.2, 0) is 0 Å². The van der Waals surface area contributed by atoms with E-state index in [1.807, 2.05) is 0 Å². The third-order valence-electron chi connectivity index (χ3n) is 3.26. The zero-order valence-electron chi connectivity index (χ0n) is 11.0. The topological polar surface area (TPSA) is 37.8 Å². The summed E-state index contributed by atoms with van der Waals surface area (Å²) in [5.41, 5.74) is 1.28. The Morgan fingerprint density at radius 2 is 2.17 bits per heavy atom. The van der Waals surface area contributed by atoms with E-state index in [9.17, 15) is 0 Å². The number of nitrogens with one attached hydrogen (secondary N) is 1. The molecule has 0 aliphatic carbocycles. The first-order chi connectivity index (χ1) is 8.67. The maximum absolute atomic E-state index is 5.82. The Bertz CT molecular complexity index is 538. The van der Waals surface area contributed by atoms with Crippen LogP contribution in [-0.4, -0.2) is 21.9 Å². The van der Waals surface area contributed by atoms with Crippen LogP contribution in [0.15, 0.2) is 6.33 Å². The van der Waals surface area contributed by atoms with Gasteiger partial charge in [-0.2, -0.15) is 0 Å². The maximum atomic E-state index is 5.82. The lowest BCUT2D eigenvalue weighted by Crippen LogP contribution is -2.19. The second kappa shape index (κ2) is 5.85. The van der Waals surface area contributed by atoms with Crippen molar-refractivity contribution < 1.29 is 0 Å². The van der Waals surface area contributed by atoms with Crippen molar-refractivity contribution in [3.05, 3.63) is 16.8 Å². The summed E-state index contributed by atoms with van der Waals surface area (Å²) in [4.78, 5) is 11.1. The number of thiophene rings is 1. The maximum Gasteiger partial charge on any atom is 0.138 e. The van der Waals surface area contributed by atoms with Gasteiger partial charge < -0.3 is 5.32 Å². The van der Waals surface area contributed by atoms with Crippen molar-refractivity contribution in [3.8, 4) is 0 Å². The van der Waals surface area contributed by atoms with Crippen molar-refractivity contribution >= 4 is 39.0 Å². The first-order valence-corrected chi connectivity index (χ1v) is 7.55. The van der Waals surface area contributed by atoms with Gasteiger partial charge in [-0.3, -0.25) is 0 Å². The van der Waals surface area contributed by atoms with Crippen molar-refractivity contribution in [3.63, 3.8) is 0 Å². The molecule has 2 heterocycles. The quantitative estimate of drug-likeness (QED) is 0.839. The fraction of sp³-hybridized carbons (Fsp3) is 0.538. The number of aromatic nitrogens is 2. The second-order valence-electron chi connectivity index (χ2n) is 4.41. The van der Waals surface area contributed by atoms with E-state index in [2.05, 4.69) is 36.1 Å². The Kier molecular flexibility index (Phi) is 4.40. The van der Waals surface area contributed by atoms with Gasteiger partial charge >= 0.3 is 0 Å². The van der Waals surface area contributed by atoms with Crippen LogP contribution in [0.1, 0.15) is 30.2 Å². The van der Waals surface area contributed by atoms with Crippen molar-refractivity contribution in [2.45, 2.75) is 39.7 Å². The molecule has 1 unspecified atom stereocenters. The predicted octanol–water partition coefficient (Wildman–Crippen LogP) is 4.13. The first-order valence-electron chi connectivity index (χ1n) is 6.20. The molecular formula is C13H18ClN3S. The molecule has 98 valence electrons. The fourth-order valence-corrected chi connectivity index (χ4v) is 3.26. The van der Waals surface area contributed by atoms with E-state index < -0.39 is 0 Å². The molecule has 18 heavy (non-hydrogen) atoms. The Balaban J connectivity index is 2.38. The molecule has 5 heteroatoms. The molecule has 0 amide bonds. The third-order valence-corrected chi connectivity index (χ3v) is 4.59. The third kappa shape index (κ3) is 2.59. The van der Waals surface area contributed by atoms with E-state index in [0.29, 0.717) is 11.9 Å². The number of aryl methyl sites for hydroxylation is 2. The molecule has 2 aromatic rings. The van der Waals surface area contributed by atoms with Crippen LogP contribution < -0.4 is 5.32 Å². The molecule has 1 N–H and O–H groups in total. The number of alkyl halides is 1. The van der Waals surface area contributed by atoms with E-state index in [0.717, 1.165) is 28.9 Å². The molecule has 0 spiro atoms. The molecule has 0 bridgehead atoms. The summed E-state index contributed by atoms with van der Waals surface area (Å²) in [6, 6.07) is 0.375. The van der Waals surface area contributed by atoms with Crippen LogP contribution in [0.25, 0.3) is 10.2 Å². The van der Waals surface area contributed by atoms with Crippen molar-refractivity contribution in [2.24, 2.45) is 0 Å². The predicted molar refractivity (Wildman–Crippen MR) is 79.9 cm³/mol. The van der Waals surface area contributed by atoms with E-state index in [1.54, 1.807) is 17.7 Å². The molecule has 0 aliphatic rings. The zero-order chi connectivity index (χ0) is 13.1. The second-order valence-corrected chi connectivity index (χ2v) is 5.99. The lowest BCUT2D eigenvalue weighted by Gasteiger charge is -2.16. The number of anilines is 1. The average molecular weight is 284 g/mol. The summed E-state index contributed by atoms with van der Waals surface area (Å²) >= 11 is 7.55. The summed E-state index contributed by atoms with van der Waals surface area (Å²) in [7, 11) is 0. The Morgan fingerprint density at radius 1 is 1.39 bits per heavy atom. The molecular weight excluding hydrogens is 266 g/mol. The van der Waals surface area contributed by atoms with Crippen molar-refractivity contribution in [2.75, 3.05) is 11.2 Å². The highest BCUT2D eigenvalue weighted by Gasteiger charge is 2.14. The van der Waals surface area contributed by atoms with Gasteiger partial charge in [0, 0.05) is 16.8 Å². The van der Waals surface area contributed by atoms with Crippen molar-refractivity contribution in [1.82, 2.24) is 9.97 Å². The summed E-state index contributed by atoms with van der Waals surface area (Å²) < 4.78 is 0. The molecule has 0 aromatic carbocycles. The lowest BCUT2D eigenvalue weighted by atomic mass is 10.1. The summed E-state index contributed by atoms with van der Waals surface area (Å²) in [5, 5.41) is 4.66. The lowest BCUT2D eigenvalue weighted by molar-refractivity contribution is 0.673. The number of rotatable bonds is 5. The number of hydrogen-bond acceptors (Lipinski definition) is 4. The fourth-order valence-electron chi connectivity index (χ4n) is 2.00. The molecule has 1 atom stereocenters. The molecule has 0 saturated carbocycles. The minimum atomic E-state index is 0.375. The molecule has 0 fully saturated rings. The monoisotopic (exact) mass is 283 g/mol. The van der Waals surface area contributed by atoms with Gasteiger partial charge in [-0.15, -0.1) is 22.9 Å². The summed E-state index contributed by atoms with van der Waals surface area (Å²) in [5.74, 6) is 1.61. The van der Waals surface area contributed by atoms with Crippen LogP contribution in [0, 0.1) is 13.8 Å². The SMILES string of the molecule is CCC(CCCl)Nc1ncnc2sc(C)c(C)c12. The van der Waals surface area contributed by atoms with Crippen molar-refractivity contribution in [1.29, 1.82) is 0 Å². The van der Waals surface area contributed by atoms with Crippen LogP contribution in [0.4, 0.5) is 5.82 Å². The smallest absolute Gasteiger partial charge is 0.138 e. The van der Waals surface area contributed by atoms with Crippen LogP contribution in [0.3, 0.4) is 0 Å². The highest BCUT2D eigenvalue weighted by atomic mass is 35.5. The van der Waals surface area contributed by atoms with Crippen LogP contribution in [0.2, 0.25) is 0 Å². The number of nitrogens with zero attached hydrogens (tertiary/aromatic N) is 2.